The van der Waals surface area contributed by atoms with E-state index in [-0.39, 0.29) is 0 Å². The molecule has 0 spiro atoms. The first-order valence-corrected chi connectivity index (χ1v) is 8.89. The Morgan fingerprint density at radius 2 is 1.76 bits per heavy atom. The van der Waals surface area contributed by atoms with Gasteiger partial charge in [-0.1, -0.05) is 43.5 Å². The van der Waals surface area contributed by atoms with Crippen LogP contribution in [0.1, 0.15) is 43.6 Å². The average molecular weight is 297 g/mol. The van der Waals surface area contributed by atoms with Gasteiger partial charge in [0.15, 0.2) is 5.58 Å². The molecule has 1 atom stereocenters. The van der Waals surface area contributed by atoms with Gasteiger partial charge in [0.25, 0.3) is 0 Å². The van der Waals surface area contributed by atoms with E-state index in [1.54, 1.807) is 0 Å². The predicted molar refractivity (Wildman–Crippen MR) is 87.2 cm³/mol. The molecule has 0 N–H and O–H groups in total. The van der Waals surface area contributed by atoms with E-state index in [2.05, 4.69) is 18.2 Å². The summed E-state index contributed by atoms with van der Waals surface area (Å²) in [6.45, 7) is 0. The van der Waals surface area contributed by atoms with Crippen molar-refractivity contribution in [2.24, 2.45) is 0 Å². The fraction of sp³-hybridized carbons (Fsp3) is 0.333. The molecule has 0 bridgehead atoms. The first-order chi connectivity index (χ1) is 10.3. The lowest BCUT2D eigenvalue weighted by molar-refractivity contribution is 0.444. The Bertz CT molecular complexity index is 860. The molecule has 2 nitrogen and oxygen atoms in total. The zero-order chi connectivity index (χ0) is 14.2. The minimum atomic E-state index is -1.78. The quantitative estimate of drug-likeness (QED) is 0.488. The largest absolute Gasteiger partial charge is 0.597 e. The molecule has 1 unspecified atom stereocenters. The summed E-state index contributed by atoms with van der Waals surface area (Å²) >= 11 is 0. The maximum atomic E-state index is 12.4. The Morgan fingerprint density at radius 1 is 0.952 bits per heavy atom. The summed E-state index contributed by atoms with van der Waals surface area (Å²) in [5.41, 5.74) is 2.07. The topological polar surface area (TPSA) is 30.2 Å². The smallest absolute Gasteiger partial charge is 0.250 e. The predicted octanol–water partition coefficient (Wildman–Crippen LogP) is 6.38. The van der Waals surface area contributed by atoms with Crippen molar-refractivity contribution in [3.63, 3.8) is 0 Å². The summed E-state index contributed by atoms with van der Waals surface area (Å²) in [6, 6.07) is 14.3. The third-order valence-electron chi connectivity index (χ3n) is 4.65. The van der Waals surface area contributed by atoms with E-state index < -0.39 is 7.65 Å². The van der Waals surface area contributed by atoms with Crippen LogP contribution in [0.5, 0.6) is 0 Å². The summed E-state index contributed by atoms with van der Waals surface area (Å²) in [6.07, 6.45) is 6.49. The van der Waals surface area contributed by atoms with E-state index in [4.69, 9.17) is 4.20 Å². The van der Waals surface area contributed by atoms with Crippen molar-refractivity contribution >= 4 is 29.1 Å². The fourth-order valence-electron chi connectivity index (χ4n) is 3.52. The van der Waals surface area contributed by atoms with Crippen molar-refractivity contribution < 1.29 is 8.76 Å². The first-order valence-electron chi connectivity index (χ1n) is 7.71. The van der Waals surface area contributed by atoms with Gasteiger partial charge in [0, 0.05) is 10.8 Å². The molecule has 0 aliphatic heterocycles. The number of rotatable bonds is 1. The van der Waals surface area contributed by atoms with Crippen molar-refractivity contribution in [3.05, 3.63) is 48.0 Å². The molecular weight excluding hydrogens is 279 g/mol. The highest BCUT2D eigenvalue weighted by Crippen LogP contribution is 2.39. The van der Waals surface area contributed by atoms with Gasteiger partial charge in [-0.3, -0.25) is 0 Å². The first kappa shape index (κ1) is 13.0. The van der Waals surface area contributed by atoms with Crippen molar-refractivity contribution in [2.45, 2.75) is 38.0 Å². The van der Waals surface area contributed by atoms with Crippen molar-refractivity contribution in [1.82, 2.24) is 0 Å². The van der Waals surface area contributed by atoms with Crippen LogP contribution in [-0.4, -0.2) is 0 Å². The standard InChI is InChI=1S/C18H18O2P/c19-21-18-12-14(13-6-2-1-3-7-13)10-11-16(18)15-8-4-5-9-17(15)20-21/h4-5,8-13H,1-3,6-7H2/q+1. The second-order valence-corrected chi connectivity index (χ2v) is 7.13. The highest BCUT2D eigenvalue weighted by molar-refractivity contribution is 7.37. The molecule has 4 rings (SSSR count). The molecule has 1 heterocycles. The van der Waals surface area contributed by atoms with Gasteiger partial charge in [0.2, 0.25) is 5.12 Å². The second-order valence-electron chi connectivity index (χ2n) is 5.96. The van der Waals surface area contributed by atoms with E-state index in [1.165, 1.54) is 37.7 Å². The lowest BCUT2D eigenvalue weighted by Crippen LogP contribution is -2.04. The Morgan fingerprint density at radius 3 is 2.62 bits per heavy atom. The van der Waals surface area contributed by atoms with Crippen molar-refractivity contribution in [1.29, 1.82) is 0 Å². The maximum absolute atomic E-state index is 12.4. The van der Waals surface area contributed by atoms with E-state index in [9.17, 15) is 4.57 Å². The van der Waals surface area contributed by atoms with Gasteiger partial charge < -0.3 is 0 Å². The average Bonchev–Trinajstić information content (AvgIpc) is 2.55. The number of benzene rings is 2. The van der Waals surface area contributed by atoms with Crippen molar-refractivity contribution in [3.8, 4) is 0 Å². The minimum absolute atomic E-state index is 0.629. The van der Waals surface area contributed by atoms with Crippen LogP contribution in [0.2, 0.25) is 0 Å². The highest BCUT2D eigenvalue weighted by atomic mass is 31.1. The van der Waals surface area contributed by atoms with E-state index in [0.717, 1.165) is 21.5 Å². The van der Waals surface area contributed by atoms with Crippen LogP contribution in [0.25, 0.3) is 21.5 Å². The molecule has 3 aromatic rings. The zero-order valence-electron chi connectivity index (χ0n) is 11.9. The molecule has 1 saturated carbocycles. The zero-order valence-corrected chi connectivity index (χ0v) is 12.8. The van der Waals surface area contributed by atoms with Gasteiger partial charge in [-0.2, -0.15) is 0 Å². The molecule has 0 amide bonds. The van der Waals surface area contributed by atoms with Gasteiger partial charge in [-0.25, -0.2) is 4.20 Å². The Kier molecular flexibility index (Phi) is 3.27. The monoisotopic (exact) mass is 297 g/mol. The van der Waals surface area contributed by atoms with Gasteiger partial charge in [0.1, 0.15) is 0 Å². The van der Waals surface area contributed by atoms with E-state index in [0.29, 0.717) is 5.92 Å². The van der Waals surface area contributed by atoms with Crippen LogP contribution in [-0.2, 0) is 4.57 Å². The molecule has 106 valence electrons. The molecule has 0 saturated heterocycles. The van der Waals surface area contributed by atoms with Crippen LogP contribution in [0.4, 0.5) is 0 Å². The van der Waals surface area contributed by atoms with Crippen LogP contribution >= 0.6 is 7.65 Å². The Hall–Kier alpha value is -1.66. The van der Waals surface area contributed by atoms with Crippen LogP contribution < -0.4 is 0 Å². The minimum Gasteiger partial charge on any atom is -0.250 e. The lowest BCUT2D eigenvalue weighted by Gasteiger charge is -2.21. The summed E-state index contributed by atoms with van der Waals surface area (Å²) in [5, 5.41) is 2.99. The third kappa shape index (κ3) is 2.28. The summed E-state index contributed by atoms with van der Waals surface area (Å²) in [4.78, 5) is 0. The number of fused-ring (bicyclic) bond motifs is 3. The number of para-hydroxylation sites is 1. The van der Waals surface area contributed by atoms with Crippen molar-refractivity contribution in [2.75, 3.05) is 0 Å². The second kappa shape index (κ2) is 5.27. The number of hydrogen-bond acceptors (Lipinski definition) is 2. The molecule has 1 fully saturated rings. The fourth-order valence-corrected chi connectivity index (χ4v) is 4.61. The van der Waals surface area contributed by atoms with Crippen LogP contribution in [0, 0.1) is 0 Å². The van der Waals surface area contributed by atoms with Gasteiger partial charge in [0.05, 0.1) is 0 Å². The molecule has 1 aliphatic rings. The number of hydrogen-bond donors (Lipinski definition) is 0. The molecule has 2 aromatic carbocycles. The normalized spacial score (nSPS) is 17.4. The van der Waals surface area contributed by atoms with Crippen LogP contribution in [0.3, 0.4) is 0 Å². The SMILES string of the molecule is O=[p+]1oc2ccccc2c2ccc(C3CCCCC3)cc21. The Labute approximate surface area is 124 Å². The summed E-state index contributed by atoms with van der Waals surface area (Å²) in [5.74, 6) is 0.629. The molecular formula is C18H18O2P+. The molecule has 3 heteroatoms. The van der Waals surface area contributed by atoms with Gasteiger partial charge in [-0.05, 0) is 47.1 Å². The van der Waals surface area contributed by atoms with Gasteiger partial charge in [-0.15, -0.1) is 0 Å². The molecule has 21 heavy (non-hydrogen) atoms. The van der Waals surface area contributed by atoms with E-state index >= 15 is 0 Å². The van der Waals surface area contributed by atoms with Crippen LogP contribution in [0.15, 0.2) is 46.7 Å². The summed E-state index contributed by atoms with van der Waals surface area (Å²) < 4.78 is 18.0. The lowest BCUT2D eigenvalue weighted by atomic mass is 9.84. The van der Waals surface area contributed by atoms with Gasteiger partial charge >= 0.3 is 7.65 Å². The molecule has 1 aromatic heterocycles. The maximum Gasteiger partial charge on any atom is 0.597 e. The highest BCUT2D eigenvalue weighted by Gasteiger charge is 2.21. The van der Waals surface area contributed by atoms with E-state index in [1.807, 2.05) is 24.3 Å². The third-order valence-corrected chi connectivity index (χ3v) is 5.78. The molecule has 0 radical (unpaired) electrons. The Balaban J connectivity index is 1.93. The molecule has 1 aliphatic carbocycles. The summed E-state index contributed by atoms with van der Waals surface area (Å²) in [7, 11) is -1.78.